The van der Waals surface area contributed by atoms with Crippen LogP contribution < -0.4 is 5.32 Å². The first-order valence-electron chi connectivity index (χ1n) is 6.25. The third kappa shape index (κ3) is 3.01. The van der Waals surface area contributed by atoms with Crippen molar-refractivity contribution in [3.8, 4) is 0 Å². The van der Waals surface area contributed by atoms with Crippen molar-refractivity contribution in [3.05, 3.63) is 77.9 Å². The summed E-state index contributed by atoms with van der Waals surface area (Å²) in [5, 5.41) is 2.66. The van der Waals surface area contributed by atoms with Gasteiger partial charge >= 0.3 is 0 Å². The molecule has 3 nitrogen and oxygen atoms in total. The van der Waals surface area contributed by atoms with E-state index < -0.39 is 0 Å². The second kappa shape index (κ2) is 5.97. The van der Waals surface area contributed by atoms with E-state index in [0.29, 0.717) is 16.8 Å². The van der Waals surface area contributed by atoms with Gasteiger partial charge in [-0.3, -0.25) is 9.59 Å². The van der Waals surface area contributed by atoms with Gasteiger partial charge in [-0.05, 0) is 30.7 Å². The molecule has 2 aromatic carbocycles. The van der Waals surface area contributed by atoms with Gasteiger partial charge in [-0.2, -0.15) is 0 Å². The van der Waals surface area contributed by atoms with Crippen molar-refractivity contribution >= 4 is 17.4 Å². The summed E-state index contributed by atoms with van der Waals surface area (Å²) in [6, 6.07) is 14.3. The lowest BCUT2D eigenvalue weighted by molar-refractivity contribution is -0.111. The Morgan fingerprint density at radius 1 is 1.10 bits per heavy atom. The Balaban J connectivity index is 2.36. The number of benzene rings is 2. The molecular weight excluding hydrogens is 250 g/mol. The van der Waals surface area contributed by atoms with Crippen LogP contribution in [0.2, 0.25) is 0 Å². The normalized spacial score (nSPS) is 9.85. The number of carbonyl (C=O) groups is 2. The van der Waals surface area contributed by atoms with Crippen LogP contribution in [0.3, 0.4) is 0 Å². The highest BCUT2D eigenvalue weighted by molar-refractivity contribution is 6.10. The molecule has 0 radical (unpaired) electrons. The second-order valence-electron chi connectivity index (χ2n) is 4.42. The lowest BCUT2D eigenvalue weighted by atomic mass is 9.98. The summed E-state index contributed by atoms with van der Waals surface area (Å²) in [6.45, 7) is 5.27. The number of carbonyl (C=O) groups excluding carboxylic acids is 2. The van der Waals surface area contributed by atoms with Crippen LogP contribution in [0.4, 0.5) is 5.69 Å². The summed E-state index contributed by atoms with van der Waals surface area (Å²) >= 11 is 0. The van der Waals surface area contributed by atoms with Gasteiger partial charge in [0, 0.05) is 16.8 Å². The molecule has 0 spiro atoms. The number of aryl methyl sites for hydroxylation is 1. The molecule has 1 N–H and O–H groups in total. The number of hydrogen-bond donors (Lipinski definition) is 1. The van der Waals surface area contributed by atoms with Gasteiger partial charge in [0.2, 0.25) is 5.91 Å². The van der Waals surface area contributed by atoms with Crippen molar-refractivity contribution in [3.63, 3.8) is 0 Å². The Morgan fingerprint density at radius 2 is 1.80 bits per heavy atom. The van der Waals surface area contributed by atoms with E-state index in [1.165, 1.54) is 6.08 Å². The van der Waals surface area contributed by atoms with Gasteiger partial charge in [-0.15, -0.1) is 0 Å². The summed E-state index contributed by atoms with van der Waals surface area (Å²) < 4.78 is 0. The first kappa shape index (κ1) is 13.7. The van der Waals surface area contributed by atoms with E-state index in [9.17, 15) is 9.59 Å². The number of nitrogens with one attached hydrogen (secondary N) is 1. The molecule has 0 atom stereocenters. The van der Waals surface area contributed by atoms with Crippen molar-refractivity contribution in [2.24, 2.45) is 0 Å². The van der Waals surface area contributed by atoms with E-state index in [4.69, 9.17) is 0 Å². The quantitative estimate of drug-likeness (QED) is 0.680. The van der Waals surface area contributed by atoms with Crippen LogP contribution in [-0.2, 0) is 4.79 Å². The summed E-state index contributed by atoms with van der Waals surface area (Å²) in [5.74, 6) is -0.357. The standard InChI is InChI=1S/C17H15NO2/c1-3-16(19)18-14-10-9-12(2)15(11-14)17(20)13-7-5-4-6-8-13/h3-11H,1H2,2H3,(H,18,19). The SMILES string of the molecule is C=CC(=O)Nc1ccc(C)c(C(=O)c2ccccc2)c1. The summed E-state index contributed by atoms with van der Waals surface area (Å²) in [5.41, 5.74) is 2.66. The van der Waals surface area contributed by atoms with Crippen molar-refractivity contribution in [2.75, 3.05) is 5.32 Å². The smallest absolute Gasteiger partial charge is 0.247 e. The maximum absolute atomic E-state index is 12.4. The Bertz CT molecular complexity index is 660. The van der Waals surface area contributed by atoms with Crippen molar-refractivity contribution < 1.29 is 9.59 Å². The maximum atomic E-state index is 12.4. The molecule has 0 fully saturated rings. The molecule has 0 heterocycles. The third-order valence-electron chi connectivity index (χ3n) is 2.97. The molecular formula is C17H15NO2. The molecule has 20 heavy (non-hydrogen) atoms. The van der Waals surface area contributed by atoms with E-state index in [0.717, 1.165) is 5.56 Å². The number of hydrogen-bond acceptors (Lipinski definition) is 2. The lowest BCUT2D eigenvalue weighted by Crippen LogP contribution is -2.09. The highest BCUT2D eigenvalue weighted by Gasteiger charge is 2.12. The van der Waals surface area contributed by atoms with Crippen LogP contribution >= 0.6 is 0 Å². The average Bonchev–Trinajstić information content (AvgIpc) is 2.49. The predicted octanol–water partition coefficient (Wildman–Crippen LogP) is 3.35. The zero-order chi connectivity index (χ0) is 14.5. The fraction of sp³-hybridized carbons (Fsp3) is 0.0588. The predicted molar refractivity (Wildman–Crippen MR) is 79.9 cm³/mol. The van der Waals surface area contributed by atoms with Crippen LogP contribution in [0, 0.1) is 6.92 Å². The molecule has 0 unspecified atom stereocenters. The van der Waals surface area contributed by atoms with E-state index >= 15 is 0 Å². The molecule has 0 saturated carbocycles. The van der Waals surface area contributed by atoms with Gasteiger partial charge in [0.15, 0.2) is 5.78 Å². The average molecular weight is 265 g/mol. The Hall–Kier alpha value is -2.68. The van der Waals surface area contributed by atoms with E-state index in [1.54, 1.807) is 24.3 Å². The van der Waals surface area contributed by atoms with Crippen molar-refractivity contribution in [2.45, 2.75) is 6.92 Å². The van der Waals surface area contributed by atoms with Gasteiger partial charge in [-0.1, -0.05) is 43.0 Å². The lowest BCUT2D eigenvalue weighted by Gasteiger charge is -2.08. The molecule has 0 aliphatic rings. The summed E-state index contributed by atoms with van der Waals surface area (Å²) in [6.07, 6.45) is 1.19. The van der Waals surface area contributed by atoms with Crippen LogP contribution in [0.25, 0.3) is 0 Å². The van der Waals surface area contributed by atoms with Gasteiger partial charge in [0.1, 0.15) is 0 Å². The van der Waals surface area contributed by atoms with Crippen LogP contribution in [0.5, 0.6) is 0 Å². The summed E-state index contributed by atoms with van der Waals surface area (Å²) in [4.78, 5) is 23.7. The van der Waals surface area contributed by atoms with E-state index in [1.807, 2.05) is 31.2 Å². The maximum Gasteiger partial charge on any atom is 0.247 e. The van der Waals surface area contributed by atoms with Gasteiger partial charge in [-0.25, -0.2) is 0 Å². The van der Waals surface area contributed by atoms with Crippen molar-refractivity contribution in [1.82, 2.24) is 0 Å². The van der Waals surface area contributed by atoms with Crippen molar-refractivity contribution in [1.29, 1.82) is 0 Å². The Labute approximate surface area is 117 Å². The molecule has 0 saturated heterocycles. The number of rotatable bonds is 4. The van der Waals surface area contributed by atoms with Crippen LogP contribution in [-0.4, -0.2) is 11.7 Å². The topological polar surface area (TPSA) is 46.2 Å². The van der Waals surface area contributed by atoms with Gasteiger partial charge < -0.3 is 5.32 Å². The Kier molecular flexibility index (Phi) is 4.11. The molecule has 0 aliphatic heterocycles. The summed E-state index contributed by atoms with van der Waals surface area (Å²) in [7, 11) is 0. The molecule has 0 aliphatic carbocycles. The minimum absolute atomic E-state index is 0.0576. The van der Waals surface area contributed by atoms with Crippen LogP contribution in [0.1, 0.15) is 21.5 Å². The number of ketones is 1. The van der Waals surface area contributed by atoms with Gasteiger partial charge in [0.05, 0.1) is 0 Å². The van der Waals surface area contributed by atoms with E-state index in [-0.39, 0.29) is 11.7 Å². The molecule has 1 amide bonds. The first-order valence-corrected chi connectivity index (χ1v) is 6.25. The molecule has 0 bridgehead atoms. The first-order chi connectivity index (χ1) is 9.61. The zero-order valence-electron chi connectivity index (χ0n) is 11.2. The third-order valence-corrected chi connectivity index (χ3v) is 2.97. The second-order valence-corrected chi connectivity index (χ2v) is 4.42. The van der Waals surface area contributed by atoms with Gasteiger partial charge in [0.25, 0.3) is 0 Å². The highest BCUT2D eigenvalue weighted by Crippen LogP contribution is 2.19. The molecule has 2 aromatic rings. The minimum Gasteiger partial charge on any atom is -0.323 e. The molecule has 3 heteroatoms. The minimum atomic E-state index is -0.299. The zero-order valence-corrected chi connectivity index (χ0v) is 11.2. The highest BCUT2D eigenvalue weighted by atomic mass is 16.1. The molecule has 100 valence electrons. The fourth-order valence-corrected chi connectivity index (χ4v) is 1.88. The molecule has 0 aromatic heterocycles. The fourth-order valence-electron chi connectivity index (χ4n) is 1.88. The molecule has 2 rings (SSSR count). The largest absolute Gasteiger partial charge is 0.323 e. The number of amides is 1. The van der Waals surface area contributed by atoms with E-state index in [2.05, 4.69) is 11.9 Å². The monoisotopic (exact) mass is 265 g/mol. The Morgan fingerprint density at radius 3 is 2.45 bits per heavy atom. The van der Waals surface area contributed by atoms with Crippen LogP contribution in [0.15, 0.2) is 61.2 Å². The number of anilines is 1.